The van der Waals surface area contributed by atoms with E-state index in [-0.39, 0.29) is 6.04 Å². The molecule has 0 aliphatic carbocycles. The van der Waals surface area contributed by atoms with Crippen LogP contribution in [0.2, 0.25) is 0 Å². The first kappa shape index (κ1) is 17.9. The first-order valence-electron chi connectivity index (χ1n) is 9.63. The number of para-hydroxylation sites is 1. The first-order valence-corrected chi connectivity index (χ1v) is 10.4. The lowest BCUT2D eigenvalue weighted by Crippen LogP contribution is -2.31. The summed E-state index contributed by atoms with van der Waals surface area (Å²) in [5.41, 5.74) is 12.0. The molecule has 3 heterocycles. The number of rotatable bonds is 6. The Bertz CT molecular complexity index is 1280. The molecule has 7 heteroatoms. The Hall–Kier alpha value is -3.16. The predicted molar refractivity (Wildman–Crippen MR) is 120 cm³/mol. The highest BCUT2D eigenvalue weighted by atomic mass is 32.1. The van der Waals surface area contributed by atoms with Crippen molar-refractivity contribution in [2.24, 2.45) is 5.73 Å². The molecular weight excluding hydrogens is 380 g/mol. The second-order valence-corrected chi connectivity index (χ2v) is 8.35. The molecule has 0 aliphatic heterocycles. The summed E-state index contributed by atoms with van der Waals surface area (Å²) >= 11 is 1.64. The Kier molecular flexibility index (Phi) is 4.54. The fourth-order valence-electron chi connectivity index (χ4n) is 3.65. The summed E-state index contributed by atoms with van der Waals surface area (Å²) in [6.45, 7) is 2.71. The third-order valence-corrected chi connectivity index (χ3v) is 6.21. The molecule has 0 saturated heterocycles. The molecule has 29 heavy (non-hydrogen) atoms. The van der Waals surface area contributed by atoms with Crippen molar-refractivity contribution in [1.29, 1.82) is 0 Å². The van der Waals surface area contributed by atoms with Gasteiger partial charge in [0.1, 0.15) is 0 Å². The summed E-state index contributed by atoms with van der Waals surface area (Å²) in [6, 6.07) is 14.6. The van der Waals surface area contributed by atoms with E-state index in [1.807, 2.05) is 25.3 Å². The molecule has 6 nitrogen and oxygen atoms in total. The van der Waals surface area contributed by atoms with E-state index < -0.39 is 0 Å². The minimum Gasteiger partial charge on any atom is -0.361 e. The molecule has 5 aromatic rings. The number of anilines is 1. The number of H-pyrrole nitrogens is 2. The van der Waals surface area contributed by atoms with Crippen LogP contribution in [0.25, 0.3) is 32.2 Å². The molecule has 0 aliphatic rings. The van der Waals surface area contributed by atoms with Crippen LogP contribution in [-0.4, -0.2) is 32.8 Å². The molecule has 1 atom stereocenters. The van der Waals surface area contributed by atoms with E-state index in [4.69, 9.17) is 5.73 Å². The molecule has 0 amide bonds. The number of thiazole rings is 1. The summed E-state index contributed by atoms with van der Waals surface area (Å²) < 4.78 is 0. The number of hydrogen-bond donors (Lipinski definition) is 4. The number of nitrogens with zero attached hydrogens (tertiary/aromatic N) is 2. The monoisotopic (exact) mass is 402 g/mol. The number of hydrogen-bond acceptors (Lipinski definition) is 5. The molecule has 0 spiro atoms. The van der Waals surface area contributed by atoms with E-state index in [2.05, 4.69) is 62.0 Å². The molecule has 5 rings (SSSR count). The van der Waals surface area contributed by atoms with E-state index in [1.165, 1.54) is 10.9 Å². The third-order valence-electron chi connectivity index (χ3n) is 5.21. The van der Waals surface area contributed by atoms with Gasteiger partial charge in [0.25, 0.3) is 0 Å². The lowest BCUT2D eigenvalue weighted by molar-refractivity contribution is 0.702. The quantitative estimate of drug-likeness (QED) is 0.337. The van der Waals surface area contributed by atoms with Gasteiger partial charge in [0.15, 0.2) is 5.13 Å². The van der Waals surface area contributed by atoms with Gasteiger partial charge in [-0.3, -0.25) is 5.10 Å². The Morgan fingerprint density at radius 1 is 1.17 bits per heavy atom. The predicted octanol–water partition coefficient (Wildman–Crippen LogP) is 4.46. The van der Waals surface area contributed by atoms with Crippen LogP contribution in [0.4, 0.5) is 5.13 Å². The highest BCUT2D eigenvalue weighted by molar-refractivity contribution is 7.18. The Morgan fingerprint density at radius 2 is 2.07 bits per heavy atom. The lowest BCUT2D eigenvalue weighted by atomic mass is 10.1. The SMILES string of the molecule is Cc1[nH]nc2ccc(-c3cnc(NCC(N)Cc4c[nH]c5ccccc45)s3)cc12. The van der Waals surface area contributed by atoms with Crippen LogP contribution >= 0.6 is 11.3 Å². The van der Waals surface area contributed by atoms with Gasteiger partial charge in [-0.2, -0.15) is 5.10 Å². The van der Waals surface area contributed by atoms with Crippen molar-refractivity contribution in [1.82, 2.24) is 20.2 Å². The zero-order valence-electron chi connectivity index (χ0n) is 16.1. The third kappa shape index (κ3) is 3.50. The first-order chi connectivity index (χ1) is 14.2. The molecule has 5 N–H and O–H groups in total. The maximum absolute atomic E-state index is 6.38. The van der Waals surface area contributed by atoms with Gasteiger partial charge >= 0.3 is 0 Å². The van der Waals surface area contributed by atoms with Crippen molar-refractivity contribution in [3.63, 3.8) is 0 Å². The number of nitrogens with one attached hydrogen (secondary N) is 3. The molecular formula is C22H22N6S. The van der Waals surface area contributed by atoms with Crippen LogP contribution in [0.3, 0.4) is 0 Å². The highest BCUT2D eigenvalue weighted by Crippen LogP contribution is 2.31. The largest absolute Gasteiger partial charge is 0.361 e. The fraction of sp³-hybridized carbons (Fsp3) is 0.182. The standard InChI is InChI=1S/C22H22N6S/c1-13-18-9-14(6-7-20(18)28-27-13)21-12-26-22(29-21)25-11-16(23)8-15-10-24-19-5-3-2-4-17(15)19/h2-7,9-10,12,16,24H,8,11,23H2,1H3,(H,25,26)(H,27,28). The summed E-state index contributed by atoms with van der Waals surface area (Å²) in [5, 5.41) is 14.0. The minimum atomic E-state index is 0.00601. The van der Waals surface area contributed by atoms with Crippen LogP contribution in [0.1, 0.15) is 11.3 Å². The van der Waals surface area contributed by atoms with Gasteiger partial charge in [-0.25, -0.2) is 4.98 Å². The van der Waals surface area contributed by atoms with Crippen LogP contribution in [0.15, 0.2) is 54.9 Å². The van der Waals surface area contributed by atoms with Crippen molar-refractivity contribution >= 4 is 38.3 Å². The second kappa shape index (κ2) is 7.35. The maximum Gasteiger partial charge on any atom is 0.183 e. The molecule has 0 bridgehead atoms. The molecule has 0 saturated carbocycles. The zero-order valence-corrected chi connectivity index (χ0v) is 16.9. The van der Waals surface area contributed by atoms with Crippen LogP contribution in [-0.2, 0) is 6.42 Å². The number of aromatic amines is 2. The van der Waals surface area contributed by atoms with Gasteiger partial charge in [-0.1, -0.05) is 35.6 Å². The topological polar surface area (TPSA) is 95.4 Å². The van der Waals surface area contributed by atoms with Crippen LogP contribution in [0.5, 0.6) is 0 Å². The number of fused-ring (bicyclic) bond motifs is 2. The number of aryl methyl sites for hydroxylation is 1. The number of nitrogens with two attached hydrogens (primary N) is 1. The summed E-state index contributed by atoms with van der Waals surface area (Å²) in [4.78, 5) is 8.96. The van der Waals surface area contributed by atoms with Crippen molar-refractivity contribution in [2.75, 3.05) is 11.9 Å². The van der Waals surface area contributed by atoms with Crippen molar-refractivity contribution in [2.45, 2.75) is 19.4 Å². The Balaban J connectivity index is 1.25. The van der Waals surface area contributed by atoms with Crippen LogP contribution < -0.4 is 11.1 Å². The zero-order chi connectivity index (χ0) is 19.8. The summed E-state index contributed by atoms with van der Waals surface area (Å²) in [7, 11) is 0. The van der Waals surface area contributed by atoms with Gasteiger partial charge in [-0.05, 0) is 42.7 Å². The van der Waals surface area contributed by atoms with E-state index in [0.717, 1.165) is 44.1 Å². The van der Waals surface area contributed by atoms with Crippen molar-refractivity contribution < 1.29 is 0 Å². The summed E-state index contributed by atoms with van der Waals surface area (Å²) in [5.74, 6) is 0. The Morgan fingerprint density at radius 3 is 3.00 bits per heavy atom. The van der Waals surface area contributed by atoms with E-state index in [9.17, 15) is 0 Å². The highest BCUT2D eigenvalue weighted by Gasteiger charge is 2.11. The van der Waals surface area contributed by atoms with E-state index in [0.29, 0.717) is 6.54 Å². The summed E-state index contributed by atoms with van der Waals surface area (Å²) in [6.07, 6.45) is 4.78. The van der Waals surface area contributed by atoms with Gasteiger partial charge in [0.05, 0.1) is 10.4 Å². The molecule has 3 aromatic heterocycles. The van der Waals surface area contributed by atoms with Gasteiger partial charge < -0.3 is 16.0 Å². The molecule has 1 unspecified atom stereocenters. The van der Waals surface area contributed by atoms with Gasteiger partial charge in [0.2, 0.25) is 0 Å². The van der Waals surface area contributed by atoms with Crippen molar-refractivity contribution in [3.8, 4) is 10.4 Å². The smallest absolute Gasteiger partial charge is 0.183 e. The second-order valence-electron chi connectivity index (χ2n) is 7.31. The average molecular weight is 403 g/mol. The molecule has 146 valence electrons. The lowest BCUT2D eigenvalue weighted by Gasteiger charge is -2.11. The number of aromatic nitrogens is 4. The fourth-order valence-corrected chi connectivity index (χ4v) is 4.47. The normalized spacial score (nSPS) is 12.6. The van der Waals surface area contributed by atoms with E-state index >= 15 is 0 Å². The van der Waals surface area contributed by atoms with Crippen LogP contribution in [0, 0.1) is 6.92 Å². The van der Waals surface area contributed by atoms with Gasteiger partial charge in [-0.15, -0.1) is 0 Å². The van der Waals surface area contributed by atoms with Crippen molar-refractivity contribution in [3.05, 3.63) is 66.1 Å². The molecule has 2 aromatic carbocycles. The number of benzene rings is 2. The van der Waals surface area contributed by atoms with Gasteiger partial charge in [0, 0.05) is 47.0 Å². The maximum atomic E-state index is 6.38. The van der Waals surface area contributed by atoms with E-state index in [1.54, 1.807) is 11.3 Å². The Labute approximate surface area is 172 Å². The average Bonchev–Trinajstić information content (AvgIpc) is 3.46. The molecule has 0 radical (unpaired) electrons. The minimum absolute atomic E-state index is 0.00601. The molecule has 0 fully saturated rings.